The molecule has 1 aliphatic heterocycles. The van der Waals surface area contributed by atoms with Gasteiger partial charge < -0.3 is 10.1 Å². The van der Waals surface area contributed by atoms with E-state index in [1.54, 1.807) is 6.20 Å². The van der Waals surface area contributed by atoms with Gasteiger partial charge in [-0.05, 0) is 56.4 Å². The zero-order valence-electron chi connectivity index (χ0n) is 24.2. The third-order valence-corrected chi connectivity index (χ3v) is 7.19. The summed E-state index contributed by atoms with van der Waals surface area (Å²) in [6.45, 7) is 6.94. The van der Waals surface area contributed by atoms with Gasteiger partial charge in [0.2, 0.25) is 0 Å². The number of aryl methyl sites for hydroxylation is 1. The van der Waals surface area contributed by atoms with E-state index < -0.39 is 39.4 Å². The summed E-state index contributed by atoms with van der Waals surface area (Å²) in [7, 11) is -3.67. The van der Waals surface area contributed by atoms with Gasteiger partial charge in [-0.2, -0.15) is 26.7 Å². The van der Waals surface area contributed by atoms with Crippen molar-refractivity contribution in [3.05, 3.63) is 70.7 Å². The molecule has 1 amide bonds. The fraction of sp³-hybridized carbons (Fsp3) is 0.429. The maximum absolute atomic E-state index is 14.4. The SMILES string of the molecule is CS(=O)(=O)O.Cc1cc(NC(=O)c2cnn(-c3ncc(C(F)(F)F)cc3F)c2C)cnc1C1=CCC(N2CCOCC2)CC1. The summed E-state index contributed by atoms with van der Waals surface area (Å²) in [5, 5.41) is 6.75. The van der Waals surface area contributed by atoms with Crippen LogP contribution in [-0.4, -0.2) is 82.1 Å². The van der Waals surface area contributed by atoms with E-state index in [-0.39, 0.29) is 11.3 Å². The highest BCUT2D eigenvalue weighted by Gasteiger charge is 2.32. The van der Waals surface area contributed by atoms with Crippen molar-refractivity contribution in [2.75, 3.05) is 37.9 Å². The second-order valence-corrected chi connectivity index (χ2v) is 11.9. The molecule has 44 heavy (non-hydrogen) atoms. The summed E-state index contributed by atoms with van der Waals surface area (Å²) in [6, 6.07) is 2.71. The summed E-state index contributed by atoms with van der Waals surface area (Å²) in [6.07, 6.45) is 4.53. The van der Waals surface area contributed by atoms with Crippen LogP contribution < -0.4 is 5.32 Å². The lowest BCUT2D eigenvalue weighted by atomic mass is 9.90. The van der Waals surface area contributed by atoms with Crippen LogP contribution in [0, 0.1) is 19.7 Å². The molecule has 5 rings (SSSR count). The molecular weight excluding hydrogens is 608 g/mol. The molecule has 1 aliphatic carbocycles. The van der Waals surface area contributed by atoms with Crippen molar-refractivity contribution < 1.29 is 40.1 Å². The Balaban J connectivity index is 0.000000818. The Hall–Kier alpha value is -3.73. The van der Waals surface area contributed by atoms with Gasteiger partial charge in [0.15, 0.2) is 11.6 Å². The Morgan fingerprint density at radius 2 is 1.80 bits per heavy atom. The van der Waals surface area contributed by atoms with Crippen LogP contribution in [0.2, 0.25) is 0 Å². The summed E-state index contributed by atoms with van der Waals surface area (Å²) in [5.74, 6) is -2.14. The maximum Gasteiger partial charge on any atom is 0.417 e. The van der Waals surface area contributed by atoms with Crippen LogP contribution >= 0.6 is 0 Å². The highest BCUT2D eigenvalue weighted by molar-refractivity contribution is 7.85. The van der Waals surface area contributed by atoms with Gasteiger partial charge in [-0.1, -0.05) is 6.08 Å². The molecule has 3 aromatic rings. The molecule has 3 aromatic heterocycles. The van der Waals surface area contributed by atoms with Crippen LogP contribution in [0.15, 0.2) is 36.8 Å². The predicted octanol–water partition coefficient (Wildman–Crippen LogP) is 4.46. The summed E-state index contributed by atoms with van der Waals surface area (Å²) < 4.78 is 85.3. The largest absolute Gasteiger partial charge is 0.417 e. The molecule has 0 bridgehead atoms. The minimum absolute atomic E-state index is 0.127. The van der Waals surface area contributed by atoms with Crippen LogP contribution in [0.4, 0.5) is 23.2 Å². The molecule has 1 fully saturated rings. The average molecular weight is 641 g/mol. The zero-order chi connectivity index (χ0) is 32.2. The van der Waals surface area contributed by atoms with Gasteiger partial charge in [0.1, 0.15) is 0 Å². The fourth-order valence-corrected chi connectivity index (χ4v) is 5.08. The number of hydrogen-bond donors (Lipinski definition) is 2. The van der Waals surface area contributed by atoms with Crippen LogP contribution in [0.5, 0.6) is 0 Å². The monoisotopic (exact) mass is 640 g/mol. The number of halogens is 4. The maximum atomic E-state index is 14.4. The molecule has 1 saturated heterocycles. The van der Waals surface area contributed by atoms with E-state index >= 15 is 0 Å². The second kappa shape index (κ2) is 13.5. The first-order valence-electron chi connectivity index (χ1n) is 13.6. The Morgan fingerprint density at radius 1 is 1.11 bits per heavy atom. The zero-order valence-corrected chi connectivity index (χ0v) is 25.0. The number of nitrogens with zero attached hydrogens (tertiary/aromatic N) is 5. The van der Waals surface area contributed by atoms with Crippen molar-refractivity contribution in [2.45, 2.75) is 45.3 Å². The number of amides is 1. The summed E-state index contributed by atoms with van der Waals surface area (Å²) in [4.78, 5) is 23.6. The van der Waals surface area contributed by atoms with Crippen molar-refractivity contribution >= 4 is 27.3 Å². The molecule has 0 radical (unpaired) electrons. The first-order valence-corrected chi connectivity index (χ1v) is 15.5. The molecule has 0 spiro atoms. The molecular formula is C28H32F4N6O5S. The molecule has 238 valence electrons. The number of allylic oxidation sites excluding steroid dienone is 1. The van der Waals surface area contributed by atoms with Crippen LogP contribution in [-0.2, 0) is 21.0 Å². The number of anilines is 1. The van der Waals surface area contributed by atoms with Gasteiger partial charge >= 0.3 is 6.18 Å². The Labute approximate surface area is 251 Å². The average Bonchev–Trinajstić information content (AvgIpc) is 3.33. The van der Waals surface area contributed by atoms with Gasteiger partial charge in [0, 0.05) is 25.3 Å². The van der Waals surface area contributed by atoms with Gasteiger partial charge in [-0.15, -0.1) is 0 Å². The third kappa shape index (κ3) is 8.46. The lowest BCUT2D eigenvalue weighted by Gasteiger charge is -2.36. The van der Waals surface area contributed by atoms with Gasteiger partial charge in [0.05, 0.1) is 60.1 Å². The van der Waals surface area contributed by atoms with Crippen LogP contribution in [0.3, 0.4) is 0 Å². The predicted molar refractivity (Wildman–Crippen MR) is 153 cm³/mol. The lowest BCUT2D eigenvalue weighted by Crippen LogP contribution is -2.43. The molecule has 2 aliphatic rings. The molecule has 4 heterocycles. The van der Waals surface area contributed by atoms with Crippen molar-refractivity contribution in [3.8, 4) is 5.82 Å². The molecule has 1 unspecified atom stereocenters. The van der Waals surface area contributed by atoms with Gasteiger partial charge in [-0.3, -0.25) is 19.2 Å². The number of alkyl halides is 3. The molecule has 11 nitrogen and oxygen atoms in total. The minimum atomic E-state index is -4.73. The Morgan fingerprint density at radius 3 is 2.36 bits per heavy atom. The van der Waals surface area contributed by atoms with Crippen LogP contribution in [0.25, 0.3) is 11.4 Å². The number of morpholine rings is 1. The number of aromatic nitrogens is 4. The number of rotatable bonds is 5. The molecule has 16 heteroatoms. The van der Waals surface area contributed by atoms with Crippen molar-refractivity contribution in [1.29, 1.82) is 0 Å². The van der Waals surface area contributed by atoms with E-state index in [9.17, 15) is 30.8 Å². The fourth-order valence-electron chi connectivity index (χ4n) is 5.08. The summed E-state index contributed by atoms with van der Waals surface area (Å²) >= 11 is 0. The van der Waals surface area contributed by atoms with Crippen molar-refractivity contribution in [2.24, 2.45) is 0 Å². The number of pyridine rings is 2. The normalized spacial score (nSPS) is 17.8. The van der Waals surface area contributed by atoms with Gasteiger partial charge in [-0.25, -0.2) is 14.1 Å². The van der Waals surface area contributed by atoms with E-state index in [0.717, 1.165) is 61.5 Å². The molecule has 0 aromatic carbocycles. The lowest BCUT2D eigenvalue weighted by molar-refractivity contribution is -0.138. The molecule has 1 atom stereocenters. The van der Waals surface area contributed by atoms with E-state index in [0.29, 0.717) is 30.2 Å². The second-order valence-electron chi connectivity index (χ2n) is 10.5. The number of carbonyl (C=O) groups is 1. The quantitative estimate of drug-likeness (QED) is 0.306. The number of hydrogen-bond acceptors (Lipinski definition) is 8. The minimum Gasteiger partial charge on any atom is -0.379 e. The molecule has 0 saturated carbocycles. The van der Waals surface area contributed by atoms with E-state index in [2.05, 4.69) is 31.4 Å². The Kier molecular flexibility index (Phi) is 10.2. The highest BCUT2D eigenvalue weighted by atomic mass is 32.2. The first-order chi connectivity index (χ1) is 20.6. The first kappa shape index (κ1) is 33.2. The topological polar surface area (TPSA) is 140 Å². The smallest absolute Gasteiger partial charge is 0.379 e. The van der Waals surface area contributed by atoms with E-state index in [1.165, 1.54) is 18.7 Å². The third-order valence-electron chi connectivity index (χ3n) is 7.19. The van der Waals surface area contributed by atoms with Crippen molar-refractivity contribution in [1.82, 2.24) is 24.6 Å². The van der Waals surface area contributed by atoms with Crippen molar-refractivity contribution in [3.63, 3.8) is 0 Å². The number of ether oxygens (including phenoxy) is 1. The molecule has 2 N–H and O–H groups in total. The summed E-state index contributed by atoms with van der Waals surface area (Å²) in [5.41, 5.74) is 2.64. The number of nitrogens with one attached hydrogen (secondary N) is 1. The van der Waals surface area contributed by atoms with E-state index in [4.69, 9.17) is 9.29 Å². The van der Waals surface area contributed by atoms with Gasteiger partial charge in [0.25, 0.3) is 16.0 Å². The van der Waals surface area contributed by atoms with E-state index in [1.807, 2.05) is 13.0 Å². The Bertz CT molecular complexity index is 1640. The highest BCUT2D eigenvalue weighted by Crippen LogP contribution is 2.32. The standard InChI is InChI=1S/C27H28F4N6O2.CH4O3S/c1-16-11-20(14-32-24(16)18-3-5-21(6-4-18)36-7-9-39-10-8-36)35-26(38)22-15-34-37(17(22)2)25-23(28)12-19(13-33-25)27(29,30)31;1-5(2,3)4/h3,11-15,21H,4-10H2,1-2H3,(H,35,38);1H3,(H,2,3,4). The van der Waals surface area contributed by atoms with Crippen LogP contribution in [0.1, 0.15) is 52.1 Å². The number of carbonyl (C=O) groups excluding carboxylic acids is 1.